The van der Waals surface area contributed by atoms with Crippen molar-refractivity contribution in [3.05, 3.63) is 48.0 Å². The minimum Gasteiger partial charge on any atom is -0.496 e. The molecule has 4 rings (SSSR count). The van der Waals surface area contributed by atoms with Crippen molar-refractivity contribution in [2.45, 2.75) is 20.8 Å². The number of benzene rings is 4. The number of hydrogen-bond donors (Lipinski definition) is 0. The third-order valence-corrected chi connectivity index (χ3v) is 6.24. The van der Waals surface area contributed by atoms with Crippen LogP contribution >= 0.6 is 0 Å². The van der Waals surface area contributed by atoms with Crippen LogP contribution in [0.1, 0.15) is 31.1 Å². The van der Waals surface area contributed by atoms with Crippen LogP contribution in [0.3, 0.4) is 0 Å². The van der Waals surface area contributed by atoms with Crippen LogP contribution in [0.5, 0.6) is 34.5 Å². The average Bonchev–Trinajstić information content (AvgIpc) is 2.91. The normalized spacial score (nSPS) is 10.7. The average molecular weight is 533 g/mol. The first-order chi connectivity index (χ1) is 18.7. The zero-order valence-electron chi connectivity index (χ0n) is 22.7. The fourth-order valence-corrected chi connectivity index (χ4v) is 4.77. The number of fused-ring (bicyclic) bond motifs is 2. The minimum absolute atomic E-state index is 0.196. The smallest absolute Gasteiger partial charge is 0.308 e. The molecule has 0 unspecified atom stereocenters. The number of ether oxygens (including phenoxy) is 6. The number of carbonyl (C=O) groups excluding carboxylic acids is 3. The zero-order chi connectivity index (χ0) is 28.4. The van der Waals surface area contributed by atoms with E-state index >= 15 is 0 Å². The van der Waals surface area contributed by atoms with Gasteiger partial charge in [-0.05, 0) is 49.4 Å². The highest BCUT2D eigenvalue weighted by atomic mass is 16.5. The van der Waals surface area contributed by atoms with Gasteiger partial charge in [0.05, 0.1) is 39.2 Å². The van der Waals surface area contributed by atoms with E-state index in [4.69, 9.17) is 28.4 Å². The number of ketones is 1. The third-order valence-electron chi connectivity index (χ3n) is 6.24. The molecule has 9 nitrogen and oxygen atoms in total. The molecule has 0 amide bonds. The first-order valence-corrected chi connectivity index (χ1v) is 11.9. The Balaban J connectivity index is 2.22. The van der Waals surface area contributed by atoms with Gasteiger partial charge in [-0.2, -0.15) is 0 Å². The van der Waals surface area contributed by atoms with Crippen LogP contribution in [-0.2, 0) is 9.59 Å². The summed E-state index contributed by atoms with van der Waals surface area (Å²) in [5.74, 6) is 0.794. The Kier molecular flexibility index (Phi) is 7.62. The van der Waals surface area contributed by atoms with Gasteiger partial charge in [0.2, 0.25) is 0 Å². The van der Waals surface area contributed by atoms with Gasteiger partial charge < -0.3 is 28.4 Å². The summed E-state index contributed by atoms with van der Waals surface area (Å²) in [6.07, 6.45) is 0. The lowest BCUT2D eigenvalue weighted by Gasteiger charge is -2.21. The molecule has 39 heavy (non-hydrogen) atoms. The molecule has 0 N–H and O–H groups in total. The maximum absolute atomic E-state index is 13.0. The molecular weight excluding hydrogens is 504 g/mol. The molecule has 0 aliphatic rings. The minimum atomic E-state index is -0.542. The number of carbonyl (C=O) groups is 3. The van der Waals surface area contributed by atoms with Crippen LogP contribution in [0.4, 0.5) is 0 Å². The van der Waals surface area contributed by atoms with Gasteiger partial charge >= 0.3 is 11.9 Å². The predicted molar refractivity (Wildman–Crippen MR) is 146 cm³/mol. The van der Waals surface area contributed by atoms with Gasteiger partial charge in [-0.25, -0.2) is 0 Å². The molecule has 0 fully saturated rings. The van der Waals surface area contributed by atoms with Gasteiger partial charge in [-0.3, -0.25) is 14.4 Å². The molecule has 0 spiro atoms. The zero-order valence-corrected chi connectivity index (χ0v) is 22.7. The highest BCUT2D eigenvalue weighted by molar-refractivity contribution is 6.16. The fraction of sp³-hybridized carbons (Fsp3) is 0.233. The predicted octanol–water partition coefficient (Wildman–Crippen LogP) is 5.75. The lowest BCUT2D eigenvalue weighted by molar-refractivity contribution is -0.132. The van der Waals surface area contributed by atoms with Crippen LogP contribution in [0, 0.1) is 0 Å². The lowest BCUT2D eigenvalue weighted by atomic mass is 9.91. The molecule has 0 aromatic heterocycles. The van der Waals surface area contributed by atoms with Crippen LogP contribution in [0.15, 0.2) is 42.5 Å². The second-order valence-corrected chi connectivity index (χ2v) is 8.60. The van der Waals surface area contributed by atoms with Crippen molar-refractivity contribution in [1.82, 2.24) is 0 Å². The Morgan fingerprint density at radius 2 is 1.05 bits per heavy atom. The molecule has 202 valence electrons. The quantitative estimate of drug-likeness (QED) is 0.159. The molecule has 0 atom stereocenters. The summed E-state index contributed by atoms with van der Waals surface area (Å²) in [7, 11) is 5.99. The van der Waals surface area contributed by atoms with Crippen LogP contribution < -0.4 is 28.4 Å². The van der Waals surface area contributed by atoms with E-state index in [2.05, 4.69) is 0 Å². The summed E-state index contributed by atoms with van der Waals surface area (Å²) in [6.45, 7) is 4.03. The molecule has 9 heteroatoms. The fourth-order valence-electron chi connectivity index (χ4n) is 4.77. The van der Waals surface area contributed by atoms with Crippen LogP contribution in [0.25, 0.3) is 32.7 Å². The number of hydrogen-bond acceptors (Lipinski definition) is 9. The Bertz CT molecular complexity index is 1640. The summed E-state index contributed by atoms with van der Waals surface area (Å²) >= 11 is 0. The second kappa shape index (κ2) is 10.9. The van der Waals surface area contributed by atoms with Crippen molar-refractivity contribution in [3.8, 4) is 45.6 Å². The van der Waals surface area contributed by atoms with Crippen molar-refractivity contribution in [3.63, 3.8) is 0 Å². The van der Waals surface area contributed by atoms with Gasteiger partial charge in [0.15, 0.2) is 5.78 Å². The van der Waals surface area contributed by atoms with Crippen LogP contribution in [-0.4, -0.2) is 46.2 Å². The standard InChI is InChI=1S/C30H28O9/c1-15(31)20-14-21(30(37-7)28-25(39-17(3)33)13-11-23(35-5)26(20)28)18-8-9-19-22(34-4)10-12-24(38-16(2)32)27(19)29(18)36-6/h8-14H,1-7H3. The Morgan fingerprint density at radius 1 is 0.538 bits per heavy atom. The van der Waals surface area contributed by atoms with Gasteiger partial charge in [-0.15, -0.1) is 0 Å². The Labute approximate surface area is 225 Å². The summed E-state index contributed by atoms with van der Waals surface area (Å²) in [5, 5.41) is 1.95. The van der Waals surface area contributed by atoms with Gasteiger partial charge in [0, 0.05) is 41.3 Å². The number of rotatable bonds is 8. The van der Waals surface area contributed by atoms with Crippen LogP contribution in [0.2, 0.25) is 0 Å². The van der Waals surface area contributed by atoms with E-state index < -0.39 is 11.9 Å². The molecule has 0 radical (unpaired) electrons. The monoisotopic (exact) mass is 532 g/mol. The molecule has 0 saturated heterocycles. The summed E-state index contributed by atoms with van der Waals surface area (Å²) in [5.41, 5.74) is 1.33. The largest absolute Gasteiger partial charge is 0.496 e. The highest BCUT2D eigenvalue weighted by Crippen LogP contribution is 2.51. The van der Waals surface area contributed by atoms with E-state index in [0.29, 0.717) is 61.2 Å². The van der Waals surface area contributed by atoms with Gasteiger partial charge in [0.1, 0.15) is 34.5 Å². The maximum atomic E-state index is 13.0. The molecule has 0 heterocycles. The molecule has 4 aromatic carbocycles. The third kappa shape index (κ3) is 4.79. The van der Waals surface area contributed by atoms with Gasteiger partial charge in [-0.1, -0.05) is 0 Å². The van der Waals surface area contributed by atoms with Crippen molar-refractivity contribution < 1.29 is 42.8 Å². The van der Waals surface area contributed by atoms with E-state index in [1.54, 1.807) is 42.5 Å². The first kappa shape index (κ1) is 27.3. The van der Waals surface area contributed by atoms with E-state index in [-0.39, 0.29) is 17.3 Å². The molecule has 0 aliphatic carbocycles. The van der Waals surface area contributed by atoms with E-state index in [9.17, 15) is 14.4 Å². The number of Topliss-reactive ketones (excluding diaryl/α,β-unsaturated/α-hetero) is 1. The SMILES string of the molecule is COc1ccc(OC(C)=O)c2c(OC)c(-c3cc(C(C)=O)c4c(OC)ccc(OC(C)=O)c4c3OC)ccc12. The lowest BCUT2D eigenvalue weighted by Crippen LogP contribution is -2.06. The van der Waals surface area contributed by atoms with E-state index in [1.165, 1.54) is 49.2 Å². The topological polar surface area (TPSA) is 107 Å². The Hall–Kier alpha value is -4.79. The molecular formula is C30H28O9. The number of methoxy groups -OCH3 is 4. The maximum Gasteiger partial charge on any atom is 0.308 e. The molecule has 0 saturated carbocycles. The summed E-state index contributed by atoms with van der Waals surface area (Å²) < 4.78 is 33.9. The van der Waals surface area contributed by atoms with Gasteiger partial charge in [0.25, 0.3) is 0 Å². The number of esters is 2. The summed E-state index contributed by atoms with van der Waals surface area (Å²) in [6, 6.07) is 11.8. The summed E-state index contributed by atoms with van der Waals surface area (Å²) in [4.78, 5) is 36.9. The molecule has 4 aromatic rings. The second-order valence-electron chi connectivity index (χ2n) is 8.60. The first-order valence-electron chi connectivity index (χ1n) is 11.9. The highest BCUT2D eigenvalue weighted by Gasteiger charge is 2.26. The van der Waals surface area contributed by atoms with Crippen molar-refractivity contribution in [1.29, 1.82) is 0 Å². The van der Waals surface area contributed by atoms with Crippen molar-refractivity contribution >= 4 is 39.3 Å². The van der Waals surface area contributed by atoms with Crippen molar-refractivity contribution in [2.75, 3.05) is 28.4 Å². The van der Waals surface area contributed by atoms with E-state index in [1.807, 2.05) is 0 Å². The van der Waals surface area contributed by atoms with E-state index in [0.717, 1.165) is 0 Å². The molecule has 0 aliphatic heterocycles. The molecule has 0 bridgehead atoms. The van der Waals surface area contributed by atoms with Crippen molar-refractivity contribution in [2.24, 2.45) is 0 Å². The Morgan fingerprint density at radius 3 is 1.56 bits per heavy atom.